The number of hydrogen-bond donors (Lipinski definition) is 0. The number of nitrogens with zero attached hydrogens (tertiary/aromatic N) is 3. The van der Waals surface area contributed by atoms with Crippen LogP contribution in [0.2, 0.25) is 0 Å². The molecule has 1 amide bonds. The highest BCUT2D eigenvalue weighted by atomic mass is 16.5. The summed E-state index contributed by atoms with van der Waals surface area (Å²) in [6, 6.07) is 0. The molecule has 20 heavy (non-hydrogen) atoms. The Hall–Kier alpha value is -1.52. The number of aromatic nitrogens is 2. The maximum absolute atomic E-state index is 12.7. The Labute approximate surface area is 120 Å². The summed E-state index contributed by atoms with van der Waals surface area (Å²) in [4.78, 5) is 14.7. The van der Waals surface area contributed by atoms with Crippen molar-refractivity contribution in [3.63, 3.8) is 0 Å². The lowest BCUT2D eigenvalue weighted by Gasteiger charge is -2.34. The molecule has 0 saturated carbocycles. The van der Waals surface area contributed by atoms with E-state index in [0.717, 1.165) is 19.6 Å². The summed E-state index contributed by atoms with van der Waals surface area (Å²) in [7, 11) is 0. The highest BCUT2D eigenvalue weighted by molar-refractivity contribution is 5.96. The lowest BCUT2D eigenvalue weighted by atomic mass is 9.91. The lowest BCUT2D eigenvalue weighted by molar-refractivity contribution is 0.0619. The van der Waals surface area contributed by atoms with E-state index < -0.39 is 0 Å². The van der Waals surface area contributed by atoms with Crippen LogP contribution in [-0.2, 0) is 6.54 Å². The van der Waals surface area contributed by atoms with Crippen LogP contribution in [0.15, 0.2) is 6.20 Å². The van der Waals surface area contributed by atoms with Crippen molar-refractivity contribution < 1.29 is 9.53 Å². The molecule has 0 bridgehead atoms. The van der Waals surface area contributed by atoms with E-state index in [1.54, 1.807) is 10.9 Å². The Morgan fingerprint density at radius 1 is 1.35 bits per heavy atom. The largest absolute Gasteiger partial charge is 0.476 e. The second kappa shape index (κ2) is 6.29. The van der Waals surface area contributed by atoms with Gasteiger partial charge in [-0.2, -0.15) is 0 Å². The zero-order chi connectivity index (χ0) is 14.7. The maximum atomic E-state index is 12.7. The fourth-order valence-corrected chi connectivity index (χ4v) is 2.95. The molecule has 0 N–H and O–H groups in total. The van der Waals surface area contributed by atoms with Crippen molar-refractivity contribution in [2.75, 3.05) is 19.7 Å². The minimum absolute atomic E-state index is 0.0477. The molecule has 0 aliphatic carbocycles. The fraction of sp³-hybridized carbons (Fsp3) is 0.733. The smallest absolute Gasteiger partial charge is 0.260 e. The number of aryl methyl sites for hydroxylation is 1. The first-order valence-corrected chi connectivity index (χ1v) is 7.54. The van der Waals surface area contributed by atoms with Gasteiger partial charge in [0, 0.05) is 25.8 Å². The minimum atomic E-state index is 0.0477. The number of piperidine rings is 1. The van der Waals surface area contributed by atoms with Crippen LogP contribution < -0.4 is 4.74 Å². The molecule has 112 valence electrons. The zero-order valence-corrected chi connectivity index (χ0v) is 12.9. The van der Waals surface area contributed by atoms with Crippen LogP contribution in [0.1, 0.15) is 44.5 Å². The van der Waals surface area contributed by atoms with Crippen molar-refractivity contribution in [1.29, 1.82) is 0 Å². The molecule has 2 atom stereocenters. The molecule has 1 aliphatic heterocycles. The van der Waals surface area contributed by atoms with Crippen molar-refractivity contribution in [2.24, 2.45) is 11.8 Å². The van der Waals surface area contributed by atoms with E-state index in [-0.39, 0.29) is 5.91 Å². The number of rotatable bonds is 4. The third-order valence-electron chi connectivity index (χ3n) is 3.72. The van der Waals surface area contributed by atoms with Gasteiger partial charge < -0.3 is 9.64 Å². The molecule has 1 fully saturated rings. The second-order valence-electron chi connectivity index (χ2n) is 5.79. The van der Waals surface area contributed by atoms with E-state index >= 15 is 0 Å². The van der Waals surface area contributed by atoms with E-state index in [9.17, 15) is 4.79 Å². The van der Waals surface area contributed by atoms with E-state index in [0.29, 0.717) is 29.9 Å². The molecular formula is C15H25N3O2. The molecule has 1 aliphatic rings. The van der Waals surface area contributed by atoms with Gasteiger partial charge in [-0.25, -0.2) is 0 Å². The first-order valence-electron chi connectivity index (χ1n) is 7.54. The molecule has 1 aromatic heterocycles. The van der Waals surface area contributed by atoms with E-state index in [1.807, 2.05) is 18.7 Å². The minimum Gasteiger partial charge on any atom is -0.476 e. The van der Waals surface area contributed by atoms with Crippen LogP contribution in [0.5, 0.6) is 5.88 Å². The molecule has 5 nitrogen and oxygen atoms in total. The van der Waals surface area contributed by atoms with E-state index in [1.165, 1.54) is 6.42 Å². The summed E-state index contributed by atoms with van der Waals surface area (Å²) in [5.41, 5.74) is 0.593. The number of likely N-dealkylation sites (tertiary alicyclic amines) is 1. The van der Waals surface area contributed by atoms with Crippen LogP contribution in [0.4, 0.5) is 0 Å². The molecular weight excluding hydrogens is 254 g/mol. The summed E-state index contributed by atoms with van der Waals surface area (Å²) < 4.78 is 7.26. The molecule has 2 unspecified atom stereocenters. The molecule has 5 heteroatoms. The van der Waals surface area contributed by atoms with Crippen LogP contribution in [0.3, 0.4) is 0 Å². The second-order valence-corrected chi connectivity index (χ2v) is 5.79. The third kappa shape index (κ3) is 3.14. The molecule has 0 spiro atoms. The summed E-state index contributed by atoms with van der Waals surface area (Å²) >= 11 is 0. The standard InChI is InChI=1S/C15H25N3O2/c1-5-18-10-13(14(16-18)20-6-2)15(19)17-8-11(3)7-12(4)9-17/h10-12H,5-9H2,1-4H3. The fourth-order valence-electron chi connectivity index (χ4n) is 2.95. The predicted molar refractivity (Wildman–Crippen MR) is 77.9 cm³/mol. The molecule has 0 aromatic carbocycles. The van der Waals surface area contributed by atoms with Crippen molar-refractivity contribution in [2.45, 2.75) is 40.7 Å². The average Bonchev–Trinajstić information content (AvgIpc) is 2.80. The molecule has 1 saturated heterocycles. The normalized spacial score (nSPS) is 22.9. The number of carbonyl (C=O) groups excluding carboxylic acids is 1. The SMILES string of the molecule is CCOc1nn(CC)cc1C(=O)N1CC(C)CC(C)C1. The average molecular weight is 279 g/mol. The van der Waals surface area contributed by atoms with Gasteiger partial charge in [0.05, 0.1) is 6.61 Å². The van der Waals surface area contributed by atoms with Gasteiger partial charge in [0.2, 0.25) is 5.88 Å². The summed E-state index contributed by atoms with van der Waals surface area (Å²) in [6.07, 6.45) is 2.99. The van der Waals surface area contributed by atoms with Crippen LogP contribution in [0, 0.1) is 11.8 Å². The first-order chi connectivity index (χ1) is 9.55. The van der Waals surface area contributed by atoms with Gasteiger partial charge in [0.1, 0.15) is 5.56 Å². The number of ether oxygens (including phenoxy) is 1. The molecule has 1 aromatic rings. The Morgan fingerprint density at radius 3 is 2.55 bits per heavy atom. The van der Waals surface area contributed by atoms with Crippen molar-refractivity contribution in [3.05, 3.63) is 11.8 Å². The number of hydrogen-bond acceptors (Lipinski definition) is 3. The Morgan fingerprint density at radius 2 is 2.00 bits per heavy atom. The number of amides is 1. The van der Waals surface area contributed by atoms with E-state index in [4.69, 9.17) is 4.74 Å². The molecule has 2 heterocycles. The van der Waals surface area contributed by atoms with E-state index in [2.05, 4.69) is 18.9 Å². The Balaban J connectivity index is 2.21. The Bertz CT molecular complexity index is 460. The van der Waals surface area contributed by atoms with Crippen molar-refractivity contribution in [1.82, 2.24) is 14.7 Å². The summed E-state index contributed by atoms with van der Waals surface area (Å²) in [5.74, 6) is 1.62. The lowest BCUT2D eigenvalue weighted by Crippen LogP contribution is -2.42. The monoisotopic (exact) mass is 279 g/mol. The van der Waals surface area contributed by atoms with Gasteiger partial charge in [0.25, 0.3) is 5.91 Å². The van der Waals surface area contributed by atoms with Gasteiger partial charge >= 0.3 is 0 Å². The highest BCUT2D eigenvalue weighted by Gasteiger charge is 2.29. The molecule has 2 rings (SSSR count). The van der Waals surface area contributed by atoms with Gasteiger partial charge in [-0.15, -0.1) is 5.10 Å². The van der Waals surface area contributed by atoms with Gasteiger partial charge in [-0.1, -0.05) is 13.8 Å². The van der Waals surface area contributed by atoms with Gasteiger partial charge in [-0.3, -0.25) is 9.48 Å². The first kappa shape index (κ1) is 14.9. The topological polar surface area (TPSA) is 47.4 Å². The Kier molecular flexibility index (Phi) is 4.68. The van der Waals surface area contributed by atoms with Gasteiger partial charge in [-0.05, 0) is 32.1 Å². The summed E-state index contributed by atoms with van der Waals surface area (Å²) in [5, 5.41) is 4.32. The van der Waals surface area contributed by atoms with Crippen molar-refractivity contribution >= 4 is 5.91 Å². The quantitative estimate of drug-likeness (QED) is 0.850. The van der Waals surface area contributed by atoms with Crippen molar-refractivity contribution in [3.8, 4) is 5.88 Å². The van der Waals surface area contributed by atoms with Crippen LogP contribution in [0.25, 0.3) is 0 Å². The summed E-state index contributed by atoms with van der Waals surface area (Å²) in [6.45, 7) is 11.2. The predicted octanol–water partition coefficient (Wildman–Crippen LogP) is 2.42. The van der Waals surface area contributed by atoms with Crippen LogP contribution >= 0.6 is 0 Å². The highest BCUT2D eigenvalue weighted by Crippen LogP contribution is 2.25. The zero-order valence-electron chi connectivity index (χ0n) is 12.9. The molecule has 0 radical (unpaired) electrons. The van der Waals surface area contributed by atoms with Gasteiger partial charge in [0.15, 0.2) is 0 Å². The number of carbonyl (C=O) groups is 1. The maximum Gasteiger partial charge on any atom is 0.260 e. The third-order valence-corrected chi connectivity index (χ3v) is 3.72. The van der Waals surface area contributed by atoms with Crippen LogP contribution in [-0.4, -0.2) is 40.3 Å².